The molecule has 0 bridgehead atoms. The molecule has 0 aromatic carbocycles. The van der Waals surface area contributed by atoms with Crippen LogP contribution in [-0.2, 0) is 4.79 Å². The zero-order valence-electron chi connectivity index (χ0n) is 10.6. The Bertz CT molecular complexity index is 270. The minimum Gasteiger partial charge on any atom is -0.357 e. The lowest BCUT2D eigenvalue weighted by Crippen LogP contribution is -2.61. The van der Waals surface area contributed by atoms with Crippen LogP contribution in [0, 0.1) is 0 Å². The van der Waals surface area contributed by atoms with E-state index in [2.05, 4.69) is 22.9 Å². The molecule has 0 spiro atoms. The third-order valence-corrected chi connectivity index (χ3v) is 2.86. The topological polar surface area (TPSA) is 73.5 Å². The van der Waals surface area contributed by atoms with Crippen molar-refractivity contribution >= 4 is 11.9 Å². The van der Waals surface area contributed by atoms with Crippen molar-refractivity contribution in [2.45, 2.75) is 25.8 Å². The van der Waals surface area contributed by atoms with E-state index in [0.29, 0.717) is 19.6 Å². The summed E-state index contributed by atoms with van der Waals surface area (Å²) < 4.78 is 0. The van der Waals surface area contributed by atoms with Gasteiger partial charge in [-0.15, -0.1) is 0 Å². The molecule has 0 aliphatic carbocycles. The SMILES string of the molecule is CCCCNC(=O)N1CCNCC1C(=O)NC. The first-order valence-corrected chi connectivity index (χ1v) is 6.17. The first-order valence-electron chi connectivity index (χ1n) is 6.17. The number of carbonyl (C=O) groups excluding carboxylic acids is 2. The Labute approximate surface area is 102 Å². The van der Waals surface area contributed by atoms with Gasteiger partial charge < -0.3 is 20.9 Å². The molecule has 1 aliphatic rings. The summed E-state index contributed by atoms with van der Waals surface area (Å²) in [5.74, 6) is -0.122. The van der Waals surface area contributed by atoms with E-state index in [-0.39, 0.29) is 11.9 Å². The summed E-state index contributed by atoms with van der Waals surface area (Å²) in [6.45, 7) is 4.55. The van der Waals surface area contributed by atoms with Crippen LogP contribution >= 0.6 is 0 Å². The normalized spacial score (nSPS) is 19.9. The molecule has 98 valence electrons. The molecule has 3 N–H and O–H groups in total. The van der Waals surface area contributed by atoms with E-state index in [1.165, 1.54) is 0 Å². The van der Waals surface area contributed by atoms with Crippen LogP contribution < -0.4 is 16.0 Å². The maximum Gasteiger partial charge on any atom is 0.318 e. The molecule has 0 saturated carbocycles. The lowest BCUT2D eigenvalue weighted by atomic mass is 10.2. The molecule has 1 saturated heterocycles. The fourth-order valence-electron chi connectivity index (χ4n) is 1.82. The first kappa shape index (κ1) is 13.8. The number of nitrogens with one attached hydrogen (secondary N) is 3. The number of piperazine rings is 1. The van der Waals surface area contributed by atoms with Crippen molar-refractivity contribution in [2.24, 2.45) is 0 Å². The van der Waals surface area contributed by atoms with Crippen LogP contribution in [0.25, 0.3) is 0 Å². The summed E-state index contributed by atoms with van der Waals surface area (Å²) in [5, 5.41) is 8.55. The number of unbranched alkanes of at least 4 members (excludes halogenated alkanes) is 1. The van der Waals surface area contributed by atoms with Crippen molar-refractivity contribution in [3.05, 3.63) is 0 Å². The second-order valence-electron chi connectivity index (χ2n) is 4.11. The van der Waals surface area contributed by atoms with Crippen LogP contribution in [0.1, 0.15) is 19.8 Å². The van der Waals surface area contributed by atoms with Crippen LogP contribution in [0.5, 0.6) is 0 Å². The molecular formula is C11H22N4O2. The summed E-state index contributed by atoms with van der Waals surface area (Å²) in [6, 6.07) is -0.552. The van der Waals surface area contributed by atoms with Gasteiger partial charge in [0, 0.05) is 33.2 Å². The largest absolute Gasteiger partial charge is 0.357 e. The number of hydrogen-bond donors (Lipinski definition) is 3. The van der Waals surface area contributed by atoms with Crippen LogP contribution in [0.2, 0.25) is 0 Å². The predicted octanol–water partition coefficient (Wildman–Crippen LogP) is -0.484. The van der Waals surface area contributed by atoms with E-state index in [9.17, 15) is 9.59 Å². The van der Waals surface area contributed by atoms with Gasteiger partial charge in [0.2, 0.25) is 5.91 Å². The zero-order valence-corrected chi connectivity index (χ0v) is 10.6. The lowest BCUT2D eigenvalue weighted by molar-refractivity contribution is -0.125. The Morgan fingerprint density at radius 1 is 1.47 bits per heavy atom. The van der Waals surface area contributed by atoms with Crippen LogP contribution in [0.3, 0.4) is 0 Å². The molecule has 1 atom stereocenters. The molecular weight excluding hydrogens is 220 g/mol. The highest BCUT2D eigenvalue weighted by Gasteiger charge is 2.31. The molecule has 1 aliphatic heterocycles. The van der Waals surface area contributed by atoms with Gasteiger partial charge >= 0.3 is 6.03 Å². The standard InChI is InChI=1S/C11H22N4O2/c1-3-4-5-14-11(17)15-7-6-13-8-9(15)10(16)12-2/h9,13H,3-8H2,1-2H3,(H,12,16)(H,14,17). The Morgan fingerprint density at radius 2 is 2.24 bits per heavy atom. The number of urea groups is 1. The summed E-state index contributed by atoms with van der Waals surface area (Å²) in [6.07, 6.45) is 2.00. The van der Waals surface area contributed by atoms with E-state index in [1.54, 1.807) is 11.9 Å². The average Bonchev–Trinajstić information content (AvgIpc) is 2.38. The maximum absolute atomic E-state index is 11.9. The first-order chi connectivity index (χ1) is 8.20. The quantitative estimate of drug-likeness (QED) is 0.583. The monoisotopic (exact) mass is 242 g/mol. The summed E-state index contributed by atoms with van der Waals surface area (Å²) in [4.78, 5) is 25.2. The molecule has 1 heterocycles. The number of rotatable bonds is 4. The highest BCUT2D eigenvalue weighted by atomic mass is 16.2. The summed E-state index contributed by atoms with van der Waals surface area (Å²) in [7, 11) is 1.59. The van der Waals surface area contributed by atoms with E-state index in [4.69, 9.17) is 0 Å². The number of nitrogens with zero attached hydrogens (tertiary/aromatic N) is 1. The van der Waals surface area contributed by atoms with Crippen molar-refractivity contribution in [2.75, 3.05) is 33.2 Å². The van der Waals surface area contributed by atoms with Crippen LogP contribution in [-0.4, -0.2) is 56.1 Å². The van der Waals surface area contributed by atoms with Crippen molar-refractivity contribution in [3.8, 4) is 0 Å². The second kappa shape index (κ2) is 7.11. The zero-order chi connectivity index (χ0) is 12.7. The molecule has 6 heteroatoms. The number of likely N-dealkylation sites (N-methyl/N-ethyl adjacent to an activating group) is 1. The smallest absolute Gasteiger partial charge is 0.318 e. The van der Waals surface area contributed by atoms with Gasteiger partial charge in [0.05, 0.1) is 0 Å². The molecule has 1 unspecified atom stereocenters. The summed E-state index contributed by atoms with van der Waals surface area (Å²) in [5.41, 5.74) is 0. The molecule has 1 rings (SSSR count). The molecule has 3 amide bonds. The average molecular weight is 242 g/mol. The molecule has 17 heavy (non-hydrogen) atoms. The van der Waals surface area contributed by atoms with Gasteiger partial charge in [-0.1, -0.05) is 13.3 Å². The molecule has 6 nitrogen and oxygen atoms in total. The van der Waals surface area contributed by atoms with Crippen molar-refractivity contribution in [1.29, 1.82) is 0 Å². The van der Waals surface area contributed by atoms with Gasteiger partial charge in [0.1, 0.15) is 6.04 Å². The van der Waals surface area contributed by atoms with Gasteiger partial charge in [-0.3, -0.25) is 4.79 Å². The van der Waals surface area contributed by atoms with Crippen molar-refractivity contribution in [3.63, 3.8) is 0 Å². The highest BCUT2D eigenvalue weighted by molar-refractivity contribution is 5.87. The Morgan fingerprint density at radius 3 is 2.88 bits per heavy atom. The van der Waals surface area contributed by atoms with Gasteiger partial charge in [-0.2, -0.15) is 0 Å². The van der Waals surface area contributed by atoms with Crippen molar-refractivity contribution in [1.82, 2.24) is 20.9 Å². The predicted molar refractivity (Wildman–Crippen MR) is 65.7 cm³/mol. The third-order valence-electron chi connectivity index (χ3n) is 2.86. The van der Waals surface area contributed by atoms with Gasteiger partial charge in [0.25, 0.3) is 0 Å². The minimum atomic E-state index is -0.407. The Kier molecular flexibility index (Phi) is 5.76. The second-order valence-corrected chi connectivity index (χ2v) is 4.11. The van der Waals surface area contributed by atoms with Gasteiger partial charge in [-0.25, -0.2) is 4.79 Å². The van der Waals surface area contributed by atoms with Crippen molar-refractivity contribution < 1.29 is 9.59 Å². The highest BCUT2D eigenvalue weighted by Crippen LogP contribution is 2.04. The Balaban J connectivity index is 2.52. The maximum atomic E-state index is 11.9. The van der Waals surface area contributed by atoms with E-state index in [1.807, 2.05) is 0 Å². The van der Waals surface area contributed by atoms with Gasteiger partial charge in [0.15, 0.2) is 0 Å². The van der Waals surface area contributed by atoms with E-state index >= 15 is 0 Å². The molecule has 1 fully saturated rings. The van der Waals surface area contributed by atoms with Gasteiger partial charge in [-0.05, 0) is 6.42 Å². The van der Waals surface area contributed by atoms with Crippen LogP contribution in [0.4, 0.5) is 4.79 Å². The fourth-order valence-corrected chi connectivity index (χ4v) is 1.82. The van der Waals surface area contributed by atoms with E-state index in [0.717, 1.165) is 19.4 Å². The molecule has 0 aromatic heterocycles. The minimum absolute atomic E-state index is 0.122. The number of hydrogen-bond acceptors (Lipinski definition) is 3. The van der Waals surface area contributed by atoms with Crippen LogP contribution in [0.15, 0.2) is 0 Å². The number of amides is 3. The third kappa shape index (κ3) is 3.89. The lowest BCUT2D eigenvalue weighted by Gasteiger charge is -2.34. The summed E-state index contributed by atoms with van der Waals surface area (Å²) >= 11 is 0. The number of carbonyl (C=O) groups is 2. The molecule has 0 radical (unpaired) electrons. The van der Waals surface area contributed by atoms with E-state index < -0.39 is 6.04 Å². The molecule has 0 aromatic rings. The Hall–Kier alpha value is -1.30. The fraction of sp³-hybridized carbons (Fsp3) is 0.818.